The van der Waals surface area contributed by atoms with Gasteiger partial charge in [-0.3, -0.25) is 9.89 Å². The van der Waals surface area contributed by atoms with Crippen LogP contribution in [0, 0.1) is 6.92 Å². The van der Waals surface area contributed by atoms with Gasteiger partial charge >= 0.3 is 0 Å². The van der Waals surface area contributed by atoms with Gasteiger partial charge in [0.05, 0.1) is 18.2 Å². The summed E-state index contributed by atoms with van der Waals surface area (Å²) < 4.78 is 5.26. The number of rotatable bonds is 4. The van der Waals surface area contributed by atoms with E-state index in [1.165, 1.54) is 5.56 Å². The Morgan fingerprint density at radius 2 is 1.81 bits per heavy atom. The standard InChI is InChI=1S/C22H19N3O2/c1-14-6-5-7-15(12-14)16-10-11-17-19(13-16)24-25-21(17)23-22(26)18-8-3-4-9-20(18)27-2/h3-13H,1-2H3,(H2,23,24,25,26). The molecule has 0 radical (unpaired) electrons. The van der Waals surface area contributed by atoms with E-state index in [2.05, 4.69) is 40.6 Å². The summed E-state index contributed by atoms with van der Waals surface area (Å²) in [6.07, 6.45) is 0. The largest absolute Gasteiger partial charge is 0.496 e. The van der Waals surface area contributed by atoms with Crippen molar-refractivity contribution in [1.82, 2.24) is 10.2 Å². The number of benzene rings is 3. The Bertz CT molecular complexity index is 1130. The molecule has 5 nitrogen and oxygen atoms in total. The highest BCUT2D eigenvalue weighted by Crippen LogP contribution is 2.28. The van der Waals surface area contributed by atoms with Crippen molar-refractivity contribution < 1.29 is 9.53 Å². The van der Waals surface area contributed by atoms with Crippen LogP contribution in [0.4, 0.5) is 5.82 Å². The number of anilines is 1. The summed E-state index contributed by atoms with van der Waals surface area (Å²) in [5.74, 6) is 0.761. The molecule has 2 N–H and O–H groups in total. The van der Waals surface area contributed by atoms with Gasteiger partial charge in [0.25, 0.3) is 5.91 Å². The van der Waals surface area contributed by atoms with Crippen molar-refractivity contribution in [2.24, 2.45) is 0 Å². The maximum atomic E-state index is 12.6. The van der Waals surface area contributed by atoms with E-state index in [1.807, 2.05) is 30.3 Å². The zero-order valence-electron chi connectivity index (χ0n) is 15.1. The minimum Gasteiger partial charge on any atom is -0.496 e. The molecule has 0 fully saturated rings. The van der Waals surface area contributed by atoms with E-state index in [1.54, 1.807) is 25.3 Å². The quantitative estimate of drug-likeness (QED) is 0.551. The van der Waals surface area contributed by atoms with Gasteiger partial charge in [-0.25, -0.2) is 0 Å². The molecule has 5 heteroatoms. The Labute approximate surface area is 157 Å². The fourth-order valence-corrected chi connectivity index (χ4v) is 3.13. The van der Waals surface area contributed by atoms with Crippen LogP contribution in [0.15, 0.2) is 66.7 Å². The lowest BCUT2D eigenvalue weighted by Gasteiger charge is -2.08. The van der Waals surface area contributed by atoms with Gasteiger partial charge in [0.15, 0.2) is 5.82 Å². The van der Waals surface area contributed by atoms with Crippen molar-refractivity contribution in [2.75, 3.05) is 12.4 Å². The van der Waals surface area contributed by atoms with E-state index < -0.39 is 0 Å². The molecule has 134 valence electrons. The first-order chi connectivity index (χ1) is 13.2. The highest BCUT2D eigenvalue weighted by atomic mass is 16.5. The highest BCUT2D eigenvalue weighted by Gasteiger charge is 2.15. The summed E-state index contributed by atoms with van der Waals surface area (Å²) in [7, 11) is 1.54. The zero-order chi connectivity index (χ0) is 18.8. The number of fused-ring (bicyclic) bond motifs is 1. The number of carbonyl (C=O) groups excluding carboxylic acids is 1. The van der Waals surface area contributed by atoms with Crippen LogP contribution in [0.25, 0.3) is 22.0 Å². The van der Waals surface area contributed by atoms with Gasteiger partial charge in [0.2, 0.25) is 0 Å². The number of H-pyrrole nitrogens is 1. The van der Waals surface area contributed by atoms with Gasteiger partial charge in [-0.1, -0.05) is 48.0 Å². The summed E-state index contributed by atoms with van der Waals surface area (Å²) in [5.41, 5.74) is 4.78. The number of nitrogens with one attached hydrogen (secondary N) is 2. The molecule has 0 bridgehead atoms. The van der Waals surface area contributed by atoms with E-state index in [0.29, 0.717) is 17.1 Å². The third-order valence-electron chi connectivity index (χ3n) is 4.50. The molecular weight excluding hydrogens is 338 g/mol. The topological polar surface area (TPSA) is 67.0 Å². The summed E-state index contributed by atoms with van der Waals surface area (Å²) in [6, 6.07) is 21.5. The number of amides is 1. The van der Waals surface area contributed by atoms with Crippen LogP contribution in [0.1, 0.15) is 15.9 Å². The van der Waals surface area contributed by atoms with Gasteiger partial charge in [-0.15, -0.1) is 0 Å². The normalized spacial score (nSPS) is 10.7. The van der Waals surface area contributed by atoms with Crippen LogP contribution in [-0.2, 0) is 0 Å². The van der Waals surface area contributed by atoms with Crippen molar-refractivity contribution in [2.45, 2.75) is 6.92 Å². The number of aryl methyl sites for hydroxylation is 1. The van der Waals surface area contributed by atoms with E-state index in [0.717, 1.165) is 22.0 Å². The molecule has 1 heterocycles. The Morgan fingerprint density at radius 3 is 2.63 bits per heavy atom. The number of methoxy groups -OCH3 is 1. The van der Waals surface area contributed by atoms with Crippen molar-refractivity contribution in [3.8, 4) is 16.9 Å². The van der Waals surface area contributed by atoms with Crippen molar-refractivity contribution in [1.29, 1.82) is 0 Å². The third-order valence-corrected chi connectivity index (χ3v) is 4.50. The third kappa shape index (κ3) is 3.27. The smallest absolute Gasteiger partial charge is 0.260 e. The summed E-state index contributed by atoms with van der Waals surface area (Å²) in [5, 5.41) is 11.0. The molecular formula is C22H19N3O2. The molecule has 0 aliphatic rings. The minimum absolute atomic E-state index is 0.261. The maximum Gasteiger partial charge on any atom is 0.260 e. The van der Waals surface area contributed by atoms with Crippen LogP contribution < -0.4 is 10.1 Å². The van der Waals surface area contributed by atoms with Crippen LogP contribution in [0.2, 0.25) is 0 Å². The second kappa shape index (κ2) is 6.96. The number of para-hydroxylation sites is 1. The molecule has 4 aromatic rings. The molecule has 4 rings (SSSR count). The Balaban J connectivity index is 1.65. The lowest BCUT2D eigenvalue weighted by Crippen LogP contribution is -2.13. The monoisotopic (exact) mass is 357 g/mol. The molecule has 0 aliphatic heterocycles. The van der Waals surface area contributed by atoms with Crippen LogP contribution >= 0.6 is 0 Å². The van der Waals surface area contributed by atoms with Crippen molar-refractivity contribution >= 4 is 22.6 Å². The molecule has 0 saturated carbocycles. The number of hydrogen-bond acceptors (Lipinski definition) is 3. The van der Waals surface area contributed by atoms with E-state index in [-0.39, 0.29) is 5.91 Å². The number of aromatic nitrogens is 2. The van der Waals surface area contributed by atoms with Gasteiger partial charge in [-0.05, 0) is 42.3 Å². The first-order valence-electron chi connectivity index (χ1n) is 8.65. The maximum absolute atomic E-state index is 12.6. The Hall–Kier alpha value is -3.60. The second-order valence-corrected chi connectivity index (χ2v) is 6.36. The van der Waals surface area contributed by atoms with Gasteiger partial charge < -0.3 is 10.1 Å². The number of aromatic amines is 1. The first kappa shape index (κ1) is 16.8. The molecule has 0 saturated heterocycles. The van der Waals surface area contributed by atoms with Crippen molar-refractivity contribution in [3.63, 3.8) is 0 Å². The molecule has 0 spiro atoms. The molecule has 0 unspecified atom stereocenters. The molecule has 3 aromatic carbocycles. The Morgan fingerprint density at radius 1 is 1.00 bits per heavy atom. The zero-order valence-corrected chi connectivity index (χ0v) is 15.1. The number of hydrogen-bond donors (Lipinski definition) is 2. The molecule has 1 aromatic heterocycles. The van der Waals surface area contributed by atoms with E-state index in [9.17, 15) is 4.79 Å². The second-order valence-electron chi connectivity index (χ2n) is 6.36. The van der Waals surface area contributed by atoms with E-state index in [4.69, 9.17) is 4.74 Å². The van der Waals surface area contributed by atoms with Gasteiger partial charge in [0, 0.05) is 5.39 Å². The Kier molecular flexibility index (Phi) is 4.34. The van der Waals surface area contributed by atoms with Crippen LogP contribution in [-0.4, -0.2) is 23.2 Å². The fraction of sp³-hybridized carbons (Fsp3) is 0.0909. The molecule has 0 aliphatic carbocycles. The number of ether oxygens (including phenoxy) is 1. The van der Waals surface area contributed by atoms with Crippen molar-refractivity contribution in [3.05, 3.63) is 77.9 Å². The first-order valence-corrected chi connectivity index (χ1v) is 8.65. The molecule has 0 atom stereocenters. The predicted molar refractivity (Wildman–Crippen MR) is 107 cm³/mol. The summed E-state index contributed by atoms with van der Waals surface area (Å²) in [6.45, 7) is 2.07. The summed E-state index contributed by atoms with van der Waals surface area (Å²) in [4.78, 5) is 12.6. The SMILES string of the molecule is COc1ccccc1C(=O)Nc1n[nH]c2cc(-c3cccc(C)c3)ccc12. The number of carbonyl (C=O) groups is 1. The summed E-state index contributed by atoms with van der Waals surface area (Å²) >= 11 is 0. The average Bonchev–Trinajstić information content (AvgIpc) is 3.10. The van der Waals surface area contributed by atoms with Gasteiger partial charge in [-0.2, -0.15) is 5.10 Å². The van der Waals surface area contributed by atoms with Crippen LogP contribution in [0.5, 0.6) is 5.75 Å². The average molecular weight is 357 g/mol. The molecule has 1 amide bonds. The lowest BCUT2D eigenvalue weighted by atomic mass is 10.0. The predicted octanol–water partition coefficient (Wildman–Crippen LogP) is 4.80. The number of nitrogens with zero attached hydrogens (tertiary/aromatic N) is 1. The highest BCUT2D eigenvalue weighted by molar-refractivity contribution is 6.09. The van der Waals surface area contributed by atoms with E-state index >= 15 is 0 Å². The minimum atomic E-state index is -0.261. The van der Waals surface area contributed by atoms with Gasteiger partial charge in [0.1, 0.15) is 5.75 Å². The van der Waals surface area contributed by atoms with Crippen LogP contribution in [0.3, 0.4) is 0 Å². The lowest BCUT2D eigenvalue weighted by molar-refractivity contribution is 0.102. The fourth-order valence-electron chi connectivity index (χ4n) is 3.13. The molecule has 27 heavy (non-hydrogen) atoms.